The fourth-order valence-corrected chi connectivity index (χ4v) is 0.533. The summed E-state index contributed by atoms with van der Waals surface area (Å²) in [6.07, 6.45) is 0.941. The van der Waals surface area contributed by atoms with Crippen molar-refractivity contribution in [2.24, 2.45) is 0 Å². The summed E-state index contributed by atoms with van der Waals surface area (Å²) in [6.45, 7) is 5.71. The Kier molecular flexibility index (Phi) is 4.13. The van der Waals surface area contributed by atoms with E-state index in [1.54, 1.807) is 6.92 Å². The van der Waals surface area contributed by atoms with Gasteiger partial charge in [0.2, 0.25) is 0 Å². The molecule has 5 heteroatoms. The first kappa shape index (κ1) is 11.6. The van der Waals surface area contributed by atoms with Gasteiger partial charge >= 0.3 is 17.9 Å². The van der Waals surface area contributed by atoms with Crippen LogP contribution >= 0.6 is 0 Å². The second-order valence-electron chi connectivity index (χ2n) is 2.35. The quantitative estimate of drug-likeness (QED) is 0.391. The Labute approximate surface area is 75.9 Å². The highest BCUT2D eigenvalue weighted by atomic mass is 16.8. The first-order chi connectivity index (χ1) is 5.91. The number of rotatable bonds is 4. The Morgan fingerprint density at radius 1 is 1.54 bits per heavy atom. The molecule has 1 N–H and O–H groups in total. The van der Waals surface area contributed by atoms with Gasteiger partial charge in [-0.1, -0.05) is 13.5 Å². The van der Waals surface area contributed by atoms with Crippen LogP contribution in [0.2, 0.25) is 0 Å². The number of hydrogen-bond donors (Lipinski definition) is 1. The molecule has 0 amide bonds. The summed E-state index contributed by atoms with van der Waals surface area (Å²) in [5.41, 5.74) is 0. The zero-order valence-electron chi connectivity index (χ0n) is 7.57. The van der Waals surface area contributed by atoms with Crippen LogP contribution in [0.4, 0.5) is 0 Å². The SMILES string of the molecule is C=CC(=O)OC(C)(O)OC(=O)CC. The maximum Gasteiger partial charge on any atom is 0.370 e. The van der Waals surface area contributed by atoms with Crippen LogP contribution < -0.4 is 0 Å². The summed E-state index contributed by atoms with van der Waals surface area (Å²) in [5.74, 6) is -3.76. The molecule has 0 fully saturated rings. The van der Waals surface area contributed by atoms with Gasteiger partial charge in [-0.2, -0.15) is 0 Å². The second kappa shape index (κ2) is 4.61. The van der Waals surface area contributed by atoms with Gasteiger partial charge in [-0.3, -0.25) is 4.79 Å². The highest BCUT2D eigenvalue weighted by Gasteiger charge is 2.28. The van der Waals surface area contributed by atoms with Crippen molar-refractivity contribution in [2.45, 2.75) is 26.2 Å². The molecule has 0 saturated heterocycles. The van der Waals surface area contributed by atoms with Gasteiger partial charge in [-0.15, -0.1) is 0 Å². The summed E-state index contributed by atoms with van der Waals surface area (Å²) >= 11 is 0. The van der Waals surface area contributed by atoms with Gasteiger partial charge in [-0.05, 0) is 0 Å². The van der Waals surface area contributed by atoms with Gasteiger partial charge < -0.3 is 14.6 Å². The molecule has 74 valence electrons. The van der Waals surface area contributed by atoms with E-state index in [2.05, 4.69) is 16.1 Å². The van der Waals surface area contributed by atoms with Crippen LogP contribution in [0.25, 0.3) is 0 Å². The Morgan fingerprint density at radius 3 is 2.46 bits per heavy atom. The molecule has 0 rings (SSSR count). The summed E-state index contributed by atoms with van der Waals surface area (Å²) in [4.78, 5) is 21.3. The molecule has 0 bridgehead atoms. The molecule has 1 atom stereocenters. The first-order valence-corrected chi connectivity index (χ1v) is 3.71. The molecule has 0 aliphatic carbocycles. The van der Waals surface area contributed by atoms with E-state index in [1.165, 1.54) is 0 Å². The smallest absolute Gasteiger partial charge is 0.370 e. The van der Waals surface area contributed by atoms with Gasteiger partial charge in [0.15, 0.2) is 0 Å². The van der Waals surface area contributed by atoms with Gasteiger partial charge in [0, 0.05) is 19.4 Å². The third-order valence-corrected chi connectivity index (χ3v) is 1.05. The Balaban J connectivity index is 4.14. The minimum Gasteiger partial charge on any atom is -0.398 e. The maximum atomic E-state index is 10.7. The van der Waals surface area contributed by atoms with Crippen LogP contribution in [-0.4, -0.2) is 23.0 Å². The molecule has 0 aliphatic heterocycles. The molecule has 0 saturated carbocycles. The molecule has 0 aliphatic rings. The van der Waals surface area contributed by atoms with E-state index in [4.69, 9.17) is 0 Å². The molecule has 0 spiro atoms. The molecule has 0 aromatic heterocycles. The Hall–Kier alpha value is -1.36. The van der Waals surface area contributed by atoms with E-state index in [0.717, 1.165) is 13.0 Å². The molecular formula is C8H12O5. The lowest BCUT2D eigenvalue weighted by Crippen LogP contribution is -2.36. The number of ether oxygens (including phenoxy) is 2. The minimum atomic E-state index is -2.22. The van der Waals surface area contributed by atoms with Crippen molar-refractivity contribution < 1.29 is 24.2 Å². The normalized spacial score (nSPS) is 14.1. The summed E-state index contributed by atoms with van der Waals surface area (Å²) in [5, 5.41) is 9.18. The number of aliphatic hydroxyl groups is 1. The number of carbonyl (C=O) groups excluding carboxylic acids is 2. The van der Waals surface area contributed by atoms with Crippen molar-refractivity contribution in [3.63, 3.8) is 0 Å². The van der Waals surface area contributed by atoms with Crippen molar-refractivity contribution in [2.75, 3.05) is 0 Å². The fourth-order valence-electron chi connectivity index (χ4n) is 0.533. The van der Waals surface area contributed by atoms with Gasteiger partial charge in [0.25, 0.3) is 0 Å². The molecule has 1 unspecified atom stereocenters. The van der Waals surface area contributed by atoms with Gasteiger partial charge in [0.05, 0.1) is 0 Å². The van der Waals surface area contributed by atoms with Gasteiger partial charge in [0.1, 0.15) is 0 Å². The molecule has 0 aromatic carbocycles. The number of esters is 2. The highest BCUT2D eigenvalue weighted by Crippen LogP contribution is 2.09. The number of hydrogen-bond acceptors (Lipinski definition) is 5. The zero-order valence-corrected chi connectivity index (χ0v) is 7.57. The van der Waals surface area contributed by atoms with Crippen LogP contribution in [0.3, 0.4) is 0 Å². The monoisotopic (exact) mass is 188 g/mol. The minimum absolute atomic E-state index is 0.0851. The topological polar surface area (TPSA) is 72.8 Å². The first-order valence-electron chi connectivity index (χ1n) is 3.71. The van der Waals surface area contributed by atoms with Gasteiger partial charge in [-0.25, -0.2) is 4.79 Å². The van der Waals surface area contributed by atoms with Crippen LogP contribution in [0, 0.1) is 0 Å². The summed E-state index contributed by atoms with van der Waals surface area (Å²) < 4.78 is 8.70. The second-order valence-corrected chi connectivity index (χ2v) is 2.35. The van der Waals surface area contributed by atoms with Crippen LogP contribution in [0.1, 0.15) is 20.3 Å². The molecule has 0 radical (unpaired) electrons. The third kappa shape index (κ3) is 4.97. The maximum absolute atomic E-state index is 10.7. The van der Waals surface area contributed by atoms with Crippen LogP contribution in [0.15, 0.2) is 12.7 Å². The Morgan fingerprint density at radius 2 is 2.08 bits per heavy atom. The van der Waals surface area contributed by atoms with Crippen molar-refractivity contribution in [3.8, 4) is 0 Å². The highest BCUT2D eigenvalue weighted by molar-refractivity contribution is 5.81. The zero-order chi connectivity index (χ0) is 10.5. The molecule has 0 heterocycles. The molecular weight excluding hydrogens is 176 g/mol. The van der Waals surface area contributed by atoms with E-state index in [0.29, 0.717) is 0 Å². The molecule has 13 heavy (non-hydrogen) atoms. The predicted octanol–water partition coefficient (Wildman–Crippen LogP) is 0.335. The lowest BCUT2D eigenvalue weighted by atomic mass is 10.5. The molecule has 0 aromatic rings. The largest absolute Gasteiger partial charge is 0.398 e. The fraction of sp³-hybridized carbons (Fsp3) is 0.500. The standard InChI is InChI=1S/C8H12O5/c1-4-6(9)12-8(3,11)13-7(10)5-2/h4,11H,1,5H2,2-3H3. The van der Waals surface area contributed by atoms with E-state index < -0.39 is 17.9 Å². The average molecular weight is 188 g/mol. The predicted molar refractivity (Wildman–Crippen MR) is 43.3 cm³/mol. The van der Waals surface area contributed by atoms with Crippen LogP contribution in [-0.2, 0) is 19.1 Å². The van der Waals surface area contributed by atoms with E-state index in [1.807, 2.05) is 0 Å². The number of carbonyl (C=O) groups is 2. The average Bonchev–Trinajstić information content (AvgIpc) is 2.02. The van der Waals surface area contributed by atoms with E-state index in [9.17, 15) is 14.7 Å². The lowest BCUT2D eigenvalue weighted by Gasteiger charge is -2.21. The Bertz CT molecular complexity index is 219. The third-order valence-electron chi connectivity index (χ3n) is 1.05. The van der Waals surface area contributed by atoms with Crippen molar-refractivity contribution in [1.82, 2.24) is 0 Å². The lowest BCUT2D eigenvalue weighted by molar-refractivity contribution is -0.312. The summed E-state index contributed by atoms with van der Waals surface area (Å²) in [7, 11) is 0. The van der Waals surface area contributed by atoms with Crippen LogP contribution in [0.5, 0.6) is 0 Å². The summed E-state index contributed by atoms with van der Waals surface area (Å²) in [6, 6.07) is 0. The van der Waals surface area contributed by atoms with E-state index in [-0.39, 0.29) is 6.42 Å². The van der Waals surface area contributed by atoms with Crippen molar-refractivity contribution in [1.29, 1.82) is 0 Å². The van der Waals surface area contributed by atoms with Crippen molar-refractivity contribution in [3.05, 3.63) is 12.7 Å². The van der Waals surface area contributed by atoms with Crippen molar-refractivity contribution >= 4 is 11.9 Å². The molecule has 5 nitrogen and oxygen atoms in total. The van der Waals surface area contributed by atoms with E-state index >= 15 is 0 Å².